The molecule has 108 valence electrons. The summed E-state index contributed by atoms with van der Waals surface area (Å²) in [6, 6.07) is 10.7. The van der Waals surface area contributed by atoms with Crippen molar-refractivity contribution in [2.75, 3.05) is 10.2 Å². The van der Waals surface area contributed by atoms with E-state index in [1.807, 2.05) is 30.3 Å². The average molecular weight is 330 g/mol. The van der Waals surface area contributed by atoms with Gasteiger partial charge in [-0.05, 0) is 29.8 Å². The van der Waals surface area contributed by atoms with Gasteiger partial charge < -0.3 is 5.32 Å². The van der Waals surface area contributed by atoms with Gasteiger partial charge in [0.05, 0.1) is 22.4 Å². The number of benzene rings is 1. The normalized spacial score (nSPS) is 13.3. The summed E-state index contributed by atoms with van der Waals surface area (Å²) in [5.41, 5.74) is 1.87. The molecular formula is C15H8ClN3O2S. The molecule has 3 aromatic rings. The molecule has 2 amide bonds. The van der Waals surface area contributed by atoms with Crippen molar-refractivity contribution in [1.29, 1.82) is 0 Å². The summed E-state index contributed by atoms with van der Waals surface area (Å²) >= 11 is 6.79. The predicted molar refractivity (Wildman–Crippen MR) is 87.4 cm³/mol. The summed E-state index contributed by atoms with van der Waals surface area (Å²) in [5.74, 6) is 0. The molecule has 5 nitrogen and oxygen atoms in total. The van der Waals surface area contributed by atoms with E-state index in [0.29, 0.717) is 21.1 Å². The Labute approximate surface area is 134 Å². The number of para-hydroxylation sites is 1. The first-order valence-corrected chi connectivity index (χ1v) is 7.64. The highest BCUT2D eigenvalue weighted by atomic mass is 35.5. The first-order valence-electron chi connectivity index (χ1n) is 6.44. The van der Waals surface area contributed by atoms with E-state index in [9.17, 15) is 9.59 Å². The van der Waals surface area contributed by atoms with Gasteiger partial charge in [-0.25, -0.2) is 9.78 Å². The Bertz CT molecular complexity index is 923. The van der Waals surface area contributed by atoms with Gasteiger partial charge in [-0.3, -0.25) is 9.69 Å². The zero-order valence-corrected chi connectivity index (χ0v) is 12.6. The smallest absolute Gasteiger partial charge is 0.305 e. The van der Waals surface area contributed by atoms with Crippen molar-refractivity contribution in [3.8, 4) is 0 Å². The van der Waals surface area contributed by atoms with Crippen LogP contribution in [0.5, 0.6) is 0 Å². The van der Waals surface area contributed by atoms with Crippen LogP contribution in [0.4, 0.5) is 21.9 Å². The number of nitrogens with zero attached hydrogens (tertiary/aromatic N) is 2. The Morgan fingerprint density at radius 1 is 1.23 bits per heavy atom. The van der Waals surface area contributed by atoms with Gasteiger partial charge in [0.25, 0.3) is 5.24 Å². The van der Waals surface area contributed by atoms with Crippen LogP contribution in [0.3, 0.4) is 0 Å². The van der Waals surface area contributed by atoms with E-state index in [0.717, 1.165) is 11.1 Å². The maximum Gasteiger partial charge on any atom is 0.331 e. The SMILES string of the molecule is O=C(Cl)c1sc2nccc3c2c1NC(=O)N3c1ccccc1. The van der Waals surface area contributed by atoms with Crippen LogP contribution in [0.25, 0.3) is 10.2 Å². The molecule has 0 bridgehead atoms. The Kier molecular flexibility index (Phi) is 2.88. The maximum atomic E-state index is 12.5. The average Bonchev–Trinajstić information content (AvgIpc) is 2.89. The van der Waals surface area contributed by atoms with Crippen LogP contribution in [0, 0.1) is 0 Å². The molecule has 0 spiro atoms. The number of pyridine rings is 1. The zero-order chi connectivity index (χ0) is 15.3. The molecule has 4 rings (SSSR count). The number of aromatic nitrogens is 1. The molecule has 1 aromatic carbocycles. The van der Waals surface area contributed by atoms with Crippen LogP contribution in [-0.2, 0) is 0 Å². The third-order valence-electron chi connectivity index (χ3n) is 3.44. The minimum Gasteiger partial charge on any atom is -0.305 e. The van der Waals surface area contributed by atoms with E-state index in [-0.39, 0.29) is 6.03 Å². The van der Waals surface area contributed by atoms with Crippen molar-refractivity contribution in [3.63, 3.8) is 0 Å². The van der Waals surface area contributed by atoms with Crippen LogP contribution in [0.1, 0.15) is 9.67 Å². The molecule has 0 fully saturated rings. The largest absolute Gasteiger partial charge is 0.331 e. The maximum absolute atomic E-state index is 12.5. The highest BCUT2D eigenvalue weighted by Crippen LogP contribution is 2.45. The summed E-state index contributed by atoms with van der Waals surface area (Å²) in [6.45, 7) is 0. The molecule has 0 unspecified atom stereocenters. The topological polar surface area (TPSA) is 62.3 Å². The van der Waals surface area contributed by atoms with Crippen LogP contribution < -0.4 is 10.2 Å². The molecular weight excluding hydrogens is 322 g/mol. The zero-order valence-electron chi connectivity index (χ0n) is 11.0. The quantitative estimate of drug-likeness (QED) is 0.710. The van der Waals surface area contributed by atoms with Crippen molar-refractivity contribution >= 4 is 61.5 Å². The molecule has 7 heteroatoms. The summed E-state index contributed by atoms with van der Waals surface area (Å²) in [5, 5.41) is 2.89. The lowest BCUT2D eigenvalue weighted by molar-refractivity contribution is 0.108. The number of urea groups is 1. The first-order chi connectivity index (χ1) is 10.7. The first kappa shape index (κ1) is 13.2. The van der Waals surface area contributed by atoms with Crippen LogP contribution in [0.2, 0.25) is 0 Å². The number of carbonyl (C=O) groups is 2. The van der Waals surface area contributed by atoms with Crippen molar-refractivity contribution in [3.05, 3.63) is 47.5 Å². The molecule has 1 aliphatic rings. The molecule has 2 aromatic heterocycles. The summed E-state index contributed by atoms with van der Waals surface area (Å²) in [7, 11) is 0. The van der Waals surface area contributed by atoms with Crippen molar-refractivity contribution in [2.45, 2.75) is 0 Å². The highest BCUT2D eigenvalue weighted by molar-refractivity contribution is 7.22. The Morgan fingerprint density at radius 3 is 2.73 bits per heavy atom. The lowest BCUT2D eigenvalue weighted by Gasteiger charge is -2.28. The number of rotatable bonds is 2. The number of nitrogens with one attached hydrogen (secondary N) is 1. The van der Waals surface area contributed by atoms with Gasteiger partial charge in [0.15, 0.2) is 0 Å². The van der Waals surface area contributed by atoms with Gasteiger partial charge in [-0.15, -0.1) is 11.3 Å². The third-order valence-corrected chi connectivity index (χ3v) is 4.84. The van der Waals surface area contributed by atoms with E-state index >= 15 is 0 Å². The fourth-order valence-electron chi connectivity index (χ4n) is 2.56. The number of hydrogen-bond acceptors (Lipinski definition) is 4. The Balaban J connectivity index is 2.03. The molecule has 0 atom stereocenters. The fraction of sp³-hybridized carbons (Fsp3) is 0. The molecule has 0 saturated carbocycles. The van der Waals surface area contributed by atoms with Gasteiger partial charge >= 0.3 is 6.03 Å². The number of carbonyl (C=O) groups excluding carboxylic acids is 2. The van der Waals surface area contributed by atoms with Gasteiger partial charge in [0, 0.05) is 6.20 Å². The van der Waals surface area contributed by atoms with Crippen molar-refractivity contribution in [2.24, 2.45) is 0 Å². The second kappa shape index (κ2) is 4.79. The number of amides is 2. The summed E-state index contributed by atoms with van der Waals surface area (Å²) in [4.78, 5) is 30.9. The minimum absolute atomic E-state index is 0.303. The standard InChI is InChI=1S/C15H8ClN3O2S/c16-13(20)12-11-10-9(6-7-17-14(10)22-12)19(15(21)18-11)8-4-2-1-3-5-8/h1-7H,(H,18,21). The van der Waals surface area contributed by atoms with E-state index in [2.05, 4.69) is 10.3 Å². The lowest BCUT2D eigenvalue weighted by Crippen LogP contribution is -2.34. The fourth-order valence-corrected chi connectivity index (χ4v) is 3.72. The van der Waals surface area contributed by atoms with Crippen molar-refractivity contribution in [1.82, 2.24) is 4.98 Å². The summed E-state index contributed by atoms with van der Waals surface area (Å²) < 4.78 is 0. The minimum atomic E-state index is -0.600. The molecule has 1 aliphatic heterocycles. The highest BCUT2D eigenvalue weighted by Gasteiger charge is 2.31. The van der Waals surface area contributed by atoms with Crippen LogP contribution in [0.15, 0.2) is 42.6 Å². The van der Waals surface area contributed by atoms with E-state index in [1.54, 1.807) is 17.2 Å². The number of anilines is 3. The number of thiophene rings is 1. The number of halogens is 1. The molecule has 22 heavy (non-hydrogen) atoms. The van der Waals surface area contributed by atoms with Gasteiger partial charge in [0.1, 0.15) is 9.71 Å². The van der Waals surface area contributed by atoms with Crippen LogP contribution in [-0.4, -0.2) is 16.3 Å². The van der Waals surface area contributed by atoms with E-state index in [1.165, 1.54) is 11.3 Å². The molecule has 0 radical (unpaired) electrons. The van der Waals surface area contributed by atoms with Crippen LogP contribution >= 0.6 is 22.9 Å². The monoisotopic (exact) mass is 329 g/mol. The predicted octanol–water partition coefficient (Wildman–Crippen LogP) is 4.36. The molecule has 1 N–H and O–H groups in total. The Morgan fingerprint density at radius 2 is 2.00 bits per heavy atom. The number of hydrogen-bond donors (Lipinski definition) is 1. The Hall–Kier alpha value is -2.44. The summed E-state index contributed by atoms with van der Waals surface area (Å²) in [6.07, 6.45) is 1.62. The molecule has 3 heterocycles. The van der Waals surface area contributed by atoms with E-state index < -0.39 is 5.24 Å². The molecule has 0 saturated heterocycles. The van der Waals surface area contributed by atoms with Gasteiger partial charge in [-0.1, -0.05) is 18.2 Å². The second-order valence-electron chi connectivity index (χ2n) is 4.69. The third kappa shape index (κ3) is 1.81. The second-order valence-corrected chi connectivity index (χ2v) is 6.03. The van der Waals surface area contributed by atoms with E-state index in [4.69, 9.17) is 11.6 Å². The molecule has 0 aliphatic carbocycles. The lowest BCUT2D eigenvalue weighted by atomic mass is 10.1. The van der Waals surface area contributed by atoms with Crippen molar-refractivity contribution < 1.29 is 9.59 Å². The van der Waals surface area contributed by atoms with Gasteiger partial charge in [-0.2, -0.15) is 0 Å². The van der Waals surface area contributed by atoms with Gasteiger partial charge in [0.2, 0.25) is 0 Å².